The van der Waals surface area contributed by atoms with Crippen molar-refractivity contribution in [3.63, 3.8) is 0 Å². The van der Waals surface area contributed by atoms with E-state index in [0.717, 1.165) is 37.2 Å². The van der Waals surface area contributed by atoms with Crippen LogP contribution in [0.25, 0.3) is 5.57 Å². The topological polar surface area (TPSA) is 97.6 Å². The van der Waals surface area contributed by atoms with E-state index >= 15 is 0 Å². The number of nitro benzene ring substituents is 1. The van der Waals surface area contributed by atoms with Gasteiger partial charge in [0.25, 0.3) is 5.69 Å². The van der Waals surface area contributed by atoms with E-state index in [1.165, 1.54) is 17.7 Å². The van der Waals surface area contributed by atoms with Gasteiger partial charge in [-0.1, -0.05) is 48.5 Å². The van der Waals surface area contributed by atoms with Gasteiger partial charge in [-0.2, -0.15) is 0 Å². The van der Waals surface area contributed by atoms with Gasteiger partial charge in [0.1, 0.15) is 6.61 Å². The molecule has 1 atom stereocenters. The third-order valence-electron chi connectivity index (χ3n) is 7.83. The number of dihydropyridines is 1. The SMILES string of the molecule is CC1=C(C(=O)OCCN2CCC(c3ccccc3)CC2)C(c2cccc([N+](=O)[O-])c2)C(c2ccccn2)=C(C)N1. The Morgan fingerprint density at radius 2 is 1.73 bits per heavy atom. The van der Waals surface area contributed by atoms with Crippen LogP contribution in [-0.2, 0) is 9.53 Å². The lowest BCUT2D eigenvalue weighted by Gasteiger charge is -2.33. The molecule has 0 aliphatic carbocycles. The van der Waals surface area contributed by atoms with Crippen LogP contribution in [0.2, 0.25) is 0 Å². The summed E-state index contributed by atoms with van der Waals surface area (Å²) in [7, 11) is 0. The number of hydrogen-bond donors (Lipinski definition) is 1. The maximum absolute atomic E-state index is 13.7. The standard InChI is InChI=1S/C32H34N4O4/c1-22-29(28-13-6-7-16-33-28)31(26-11-8-12-27(21-26)36(38)39)30(23(2)34-22)32(37)40-20-19-35-17-14-25(15-18-35)24-9-4-3-5-10-24/h3-13,16,21,25,31,34H,14-15,17-20H2,1-2H3. The van der Waals surface area contributed by atoms with E-state index in [4.69, 9.17) is 4.74 Å². The van der Waals surface area contributed by atoms with Crippen LogP contribution in [0.1, 0.15) is 55.3 Å². The zero-order valence-corrected chi connectivity index (χ0v) is 22.9. The maximum atomic E-state index is 13.7. The number of rotatable bonds is 8. The Kier molecular flexibility index (Phi) is 8.36. The van der Waals surface area contributed by atoms with Gasteiger partial charge in [0.05, 0.1) is 16.2 Å². The molecule has 1 fully saturated rings. The molecule has 8 nitrogen and oxygen atoms in total. The molecule has 2 aliphatic heterocycles. The van der Waals surface area contributed by atoms with Gasteiger partial charge in [0.2, 0.25) is 0 Å². The van der Waals surface area contributed by atoms with E-state index in [0.29, 0.717) is 35.0 Å². The molecule has 8 heteroatoms. The van der Waals surface area contributed by atoms with Crippen LogP contribution < -0.4 is 5.32 Å². The molecule has 1 aromatic heterocycles. The van der Waals surface area contributed by atoms with Crippen LogP contribution in [-0.4, -0.2) is 47.0 Å². The number of aromatic nitrogens is 1. The van der Waals surface area contributed by atoms with Gasteiger partial charge in [-0.3, -0.25) is 20.0 Å². The third kappa shape index (κ3) is 5.97. The van der Waals surface area contributed by atoms with Gasteiger partial charge in [-0.15, -0.1) is 0 Å². The quantitative estimate of drug-likeness (QED) is 0.220. The number of carbonyl (C=O) groups is 1. The fraction of sp³-hybridized carbons (Fsp3) is 0.312. The number of nitrogens with zero attached hydrogens (tertiary/aromatic N) is 3. The summed E-state index contributed by atoms with van der Waals surface area (Å²) < 4.78 is 5.86. The molecule has 0 radical (unpaired) electrons. The maximum Gasteiger partial charge on any atom is 0.336 e. The first kappa shape index (κ1) is 27.3. The summed E-state index contributed by atoms with van der Waals surface area (Å²) >= 11 is 0. The molecule has 0 amide bonds. The summed E-state index contributed by atoms with van der Waals surface area (Å²) in [6, 6.07) is 22.7. The molecular weight excluding hydrogens is 504 g/mol. The van der Waals surface area contributed by atoms with Crippen LogP contribution in [0, 0.1) is 10.1 Å². The number of ether oxygens (including phenoxy) is 1. The normalized spacial score (nSPS) is 18.4. The Morgan fingerprint density at radius 1 is 1.00 bits per heavy atom. The van der Waals surface area contributed by atoms with Gasteiger partial charge in [-0.25, -0.2) is 4.79 Å². The molecule has 0 bridgehead atoms. The first-order valence-electron chi connectivity index (χ1n) is 13.7. The van der Waals surface area contributed by atoms with Gasteiger partial charge >= 0.3 is 5.97 Å². The van der Waals surface area contributed by atoms with Crippen LogP contribution in [0.4, 0.5) is 5.69 Å². The van der Waals surface area contributed by atoms with E-state index in [-0.39, 0.29) is 12.3 Å². The van der Waals surface area contributed by atoms with Crippen molar-refractivity contribution in [1.29, 1.82) is 0 Å². The molecule has 40 heavy (non-hydrogen) atoms. The minimum absolute atomic E-state index is 0.0293. The molecule has 2 aromatic carbocycles. The molecule has 1 N–H and O–H groups in total. The number of nitro groups is 1. The van der Waals surface area contributed by atoms with E-state index < -0.39 is 16.8 Å². The average Bonchev–Trinajstić information content (AvgIpc) is 2.98. The summed E-state index contributed by atoms with van der Waals surface area (Å²) in [6.45, 7) is 6.63. The van der Waals surface area contributed by atoms with Crippen LogP contribution in [0.5, 0.6) is 0 Å². The van der Waals surface area contributed by atoms with Crippen LogP contribution in [0.3, 0.4) is 0 Å². The Labute approximate surface area is 234 Å². The highest BCUT2D eigenvalue weighted by atomic mass is 16.6. The number of likely N-dealkylation sites (tertiary alicyclic amines) is 1. The highest BCUT2D eigenvalue weighted by Gasteiger charge is 2.36. The molecule has 5 rings (SSSR count). The number of non-ortho nitro benzene ring substituents is 1. The lowest BCUT2D eigenvalue weighted by Crippen LogP contribution is -2.36. The van der Waals surface area contributed by atoms with Crippen molar-refractivity contribution in [2.75, 3.05) is 26.2 Å². The van der Waals surface area contributed by atoms with E-state index in [1.54, 1.807) is 12.3 Å². The van der Waals surface area contributed by atoms with Crippen molar-refractivity contribution >= 4 is 17.2 Å². The van der Waals surface area contributed by atoms with Gasteiger partial charge in [-0.05, 0) is 69.0 Å². The van der Waals surface area contributed by atoms with Crippen molar-refractivity contribution in [2.45, 2.75) is 38.5 Å². The summed E-state index contributed by atoms with van der Waals surface area (Å²) in [5.41, 5.74) is 5.44. The van der Waals surface area contributed by atoms with Crippen LogP contribution in [0.15, 0.2) is 96.0 Å². The largest absolute Gasteiger partial charge is 0.461 e. The Morgan fingerprint density at radius 3 is 2.42 bits per heavy atom. The Hall–Kier alpha value is -4.30. The molecule has 0 spiro atoms. The van der Waals surface area contributed by atoms with Crippen molar-refractivity contribution < 1.29 is 14.5 Å². The number of nitrogens with one attached hydrogen (secondary N) is 1. The first-order valence-corrected chi connectivity index (χ1v) is 13.7. The van der Waals surface area contributed by atoms with Gasteiger partial charge < -0.3 is 10.1 Å². The number of piperidine rings is 1. The highest BCUT2D eigenvalue weighted by Crippen LogP contribution is 2.43. The average molecular weight is 539 g/mol. The number of benzene rings is 2. The molecule has 3 aromatic rings. The van der Waals surface area contributed by atoms with Crippen molar-refractivity contribution in [1.82, 2.24) is 15.2 Å². The fourth-order valence-corrected chi connectivity index (χ4v) is 5.84. The highest BCUT2D eigenvalue weighted by molar-refractivity contribution is 5.97. The van der Waals surface area contributed by atoms with E-state index in [2.05, 4.69) is 39.5 Å². The second-order valence-electron chi connectivity index (χ2n) is 10.4. The second kappa shape index (κ2) is 12.3. The fourth-order valence-electron chi connectivity index (χ4n) is 5.84. The van der Waals surface area contributed by atoms with Crippen LogP contribution >= 0.6 is 0 Å². The predicted molar refractivity (Wildman–Crippen MR) is 154 cm³/mol. The lowest BCUT2D eigenvalue weighted by molar-refractivity contribution is -0.384. The molecular formula is C32H34N4O4. The van der Waals surface area contributed by atoms with Crippen molar-refractivity contribution in [2.24, 2.45) is 0 Å². The molecule has 3 heterocycles. The molecule has 206 valence electrons. The summed E-state index contributed by atoms with van der Waals surface area (Å²) in [5.74, 6) is -0.427. The molecule has 1 unspecified atom stereocenters. The second-order valence-corrected chi connectivity index (χ2v) is 10.4. The number of carbonyl (C=O) groups excluding carboxylic acids is 1. The van der Waals surface area contributed by atoms with Crippen molar-refractivity contribution in [3.05, 3.63) is 123 Å². The minimum Gasteiger partial charge on any atom is -0.461 e. The Bertz CT molecular complexity index is 1430. The van der Waals surface area contributed by atoms with Gasteiger partial charge in [0.15, 0.2) is 0 Å². The lowest BCUT2D eigenvalue weighted by atomic mass is 9.79. The summed E-state index contributed by atoms with van der Waals surface area (Å²) in [5, 5.41) is 14.9. The zero-order chi connectivity index (χ0) is 28.1. The molecule has 0 saturated carbocycles. The van der Waals surface area contributed by atoms with Gasteiger partial charge in [0, 0.05) is 47.8 Å². The van der Waals surface area contributed by atoms with E-state index in [1.807, 2.05) is 44.2 Å². The monoisotopic (exact) mass is 538 g/mol. The smallest absolute Gasteiger partial charge is 0.336 e. The number of hydrogen-bond acceptors (Lipinski definition) is 7. The third-order valence-corrected chi connectivity index (χ3v) is 7.83. The predicted octanol–water partition coefficient (Wildman–Crippen LogP) is 5.80. The number of allylic oxidation sites excluding steroid dienone is 3. The van der Waals surface area contributed by atoms with E-state index in [9.17, 15) is 14.9 Å². The summed E-state index contributed by atoms with van der Waals surface area (Å²) in [6.07, 6.45) is 3.86. The zero-order valence-electron chi connectivity index (χ0n) is 22.9. The molecule has 1 saturated heterocycles. The minimum atomic E-state index is -0.565. The number of pyridine rings is 1. The number of esters is 1. The first-order chi connectivity index (χ1) is 19.4. The summed E-state index contributed by atoms with van der Waals surface area (Å²) in [4.78, 5) is 31.7. The Balaban J connectivity index is 1.32. The van der Waals surface area contributed by atoms with Crippen molar-refractivity contribution in [3.8, 4) is 0 Å². The molecule has 2 aliphatic rings.